The lowest BCUT2D eigenvalue weighted by atomic mass is 10.1. The molecule has 4 N–H and O–H groups in total. The zero-order valence-corrected chi connectivity index (χ0v) is 10.5. The molecule has 0 spiro atoms. The van der Waals surface area contributed by atoms with Crippen LogP contribution in [0.2, 0.25) is 0 Å². The zero-order chi connectivity index (χ0) is 14.4. The van der Waals surface area contributed by atoms with E-state index < -0.39 is 23.8 Å². The number of carboxylic acids is 1. The predicted octanol–water partition coefficient (Wildman–Crippen LogP) is 0.291. The van der Waals surface area contributed by atoms with Crippen molar-refractivity contribution in [3.8, 4) is 0 Å². The van der Waals surface area contributed by atoms with Crippen LogP contribution in [0.5, 0.6) is 0 Å². The lowest BCUT2D eigenvalue weighted by molar-refractivity contribution is -0.139. The molecule has 0 saturated carbocycles. The predicted molar refractivity (Wildman–Crippen MR) is 65.4 cm³/mol. The van der Waals surface area contributed by atoms with Crippen LogP contribution in [0, 0.1) is 0 Å². The van der Waals surface area contributed by atoms with E-state index in [2.05, 4.69) is 5.32 Å². The standard InChI is InChI=1S/C12H16N2O5/c1-2-9-7(5-6-19-9)11(16)14-8(12(17)18)3-4-10(13)15/h5-6,8H,2-4H2,1H3,(H2,13,15)(H,14,16)(H,17,18)/t8-/m0/s1. The first-order valence-corrected chi connectivity index (χ1v) is 5.84. The number of aryl methyl sites for hydroxylation is 1. The van der Waals surface area contributed by atoms with Crippen molar-refractivity contribution in [2.45, 2.75) is 32.2 Å². The van der Waals surface area contributed by atoms with Gasteiger partial charge in [-0.3, -0.25) is 9.59 Å². The van der Waals surface area contributed by atoms with E-state index in [1.54, 1.807) is 0 Å². The second kappa shape index (κ2) is 6.58. The molecule has 0 fully saturated rings. The van der Waals surface area contributed by atoms with Gasteiger partial charge in [0.05, 0.1) is 11.8 Å². The van der Waals surface area contributed by atoms with Crippen molar-refractivity contribution < 1.29 is 23.9 Å². The molecule has 0 aliphatic carbocycles. The van der Waals surface area contributed by atoms with Gasteiger partial charge in [-0.05, 0) is 12.5 Å². The molecule has 104 valence electrons. The fraction of sp³-hybridized carbons (Fsp3) is 0.417. The number of hydrogen-bond donors (Lipinski definition) is 3. The monoisotopic (exact) mass is 268 g/mol. The van der Waals surface area contributed by atoms with Crippen molar-refractivity contribution in [2.75, 3.05) is 0 Å². The number of carbonyl (C=O) groups is 3. The summed E-state index contributed by atoms with van der Waals surface area (Å²) in [5, 5.41) is 11.3. The highest BCUT2D eigenvalue weighted by atomic mass is 16.4. The van der Waals surface area contributed by atoms with Crippen LogP contribution >= 0.6 is 0 Å². The Hall–Kier alpha value is -2.31. The van der Waals surface area contributed by atoms with Gasteiger partial charge in [-0.1, -0.05) is 6.92 Å². The van der Waals surface area contributed by atoms with E-state index in [1.807, 2.05) is 6.92 Å². The van der Waals surface area contributed by atoms with Crippen LogP contribution in [0.25, 0.3) is 0 Å². The molecule has 7 heteroatoms. The van der Waals surface area contributed by atoms with Crippen LogP contribution in [0.15, 0.2) is 16.7 Å². The summed E-state index contributed by atoms with van der Waals surface area (Å²) >= 11 is 0. The van der Waals surface area contributed by atoms with Gasteiger partial charge in [0.25, 0.3) is 5.91 Å². The lowest BCUT2D eigenvalue weighted by Gasteiger charge is -2.13. The number of rotatable bonds is 7. The normalized spacial score (nSPS) is 11.8. The molecular weight excluding hydrogens is 252 g/mol. The van der Waals surface area contributed by atoms with Crippen LogP contribution < -0.4 is 11.1 Å². The molecule has 0 bridgehead atoms. The minimum Gasteiger partial charge on any atom is -0.480 e. The van der Waals surface area contributed by atoms with Crippen molar-refractivity contribution in [2.24, 2.45) is 5.73 Å². The Bertz CT molecular complexity index is 480. The summed E-state index contributed by atoms with van der Waals surface area (Å²) in [6.07, 6.45) is 1.74. The number of nitrogens with one attached hydrogen (secondary N) is 1. The third kappa shape index (κ3) is 4.13. The van der Waals surface area contributed by atoms with Crippen molar-refractivity contribution in [3.05, 3.63) is 23.7 Å². The number of primary amides is 1. The van der Waals surface area contributed by atoms with E-state index >= 15 is 0 Å². The van der Waals surface area contributed by atoms with Gasteiger partial charge in [-0.15, -0.1) is 0 Å². The largest absolute Gasteiger partial charge is 0.480 e. The molecule has 0 aliphatic rings. The molecule has 7 nitrogen and oxygen atoms in total. The first-order chi connectivity index (χ1) is 8.95. The van der Waals surface area contributed by atoms with Crippen molar-refractivity contribution in [3.63, 3.8) is 0 Å². The Labute approximate surface area is 109 Å². The van der Waals surface area contributed by atoms with Crippen molar-refractivity contribution >= 4 is 17.8 Å². The lowest BCUT2D eigenvalue weighted by Crippen LogP contribution is -2.41. The molecule has 0 unspecified atom stereocenters. The van der Waals surface area contributed by atoms with Gasteiger partial charge in [0.1, 0.15) is 11.8 Å². The second-order valence-electron chi connectivity index (χ2n) is 3.98. The van der Waals surface area contributed by atoms with E-state index in [1.165, 1.54) is 12.3 Å². The Morgan fingerprint density at radius 1 is 1.47 bits per heavy atom. The highest BCUT2D eigenvalue weighted by molar-refractivity contribution is 5.97. The average molecular weight is 268 g/mol. The first-order valence-electron chi connectivity index (χ1n) is 5.84. The number of carboxylic acid groups (broad SMARTS) is 1. The molecule has 0 saturated heterocycles. The molecular formula is C12H16N2O5. The van der Waals surface area contributed by atoms with Crippen molar-refractivity contribution in [1.29, 1.82) is 0 Å². The first kappa shape index (κ1) is 14.7. The summed E-state index contributed by atoms with van der Waals surface area (Å²) in [4.78, 5) is 33.5. The highest BCUT2D eigenvalue weighted by Gasteiger charge is 2.23. The van der Waals surface area contributed by atoms with Crippen LogP contribution in [0.4, 0.5) is 0 Å². The maximum Gasteiger partial charge on any atom is 0.326 e. The smallest absolute Gasteiger partial charge is 0.326 e. The van der Waals surface area contributed by atoms with Crippen LogP contribution in [-0.2, 0) is 16.0 Å². The Balaban J connectivity index is 2.71. The minimum absolute atomic E-state index is 0.0459. The van der Waals surface area contributed by atoms with Gasteiger partial charge < -0.3 is 20.6 Å². The van der Waals surface area contributed by atoms with E-state index in [-0.39, 0.29) is 12.8 Å². The van der Waals surface area contributed by atoms with E-state index in [4.69, 9.17) is 15.3 Å². The van der Waals surface area contributed by atoms with E-state index in [0.29, 0.717) is 17.7 Å². The zero-order valence-electron chi connectivity index (χ0n) is 10.5. The molecule has 1 heterocycles. The van der Waals surface area contributed by atoms with Crippen LogP contribution in [0.3, 0.4) is 0 Å². The summed E-state index contributed by atoms with van der Waals surface area (Å²) in [7, 11) is 0. The molecule has 19 heavy (non-hydrogen) atoms. The fourth-order valence-corrected chi connectivity index (χ4v) is 1.60. The molecule has 1 atom stereocenters. The Kier molecular flexibility index (Phi) is 5.11. The molecule has 0 radical (unpaired) electrons. The summed E-state index contributed by atoms with van der Waals surface area (Å²) in [5.74, 6) is -1.88. The molecule has 1 aromatic rings. The van der Waals surface area contributed by atoms with Crippen LogP contribution in [0.1, 0.15) is 35.9 Å². The maximum atomic E-state index is 11.9. The second-order valence-corrected chi connectivity index (χ2v) is 3.98. The summed E-state index contributed by atoms with van der Waals surface area (Å²) < 4.78 is 5.09. The van der Waals surface area contributed by atoms with Gasteiger partial charge in [-0.25, -0.2) is 4.79 Å². The number of amides is 2. The topological polar surface area (TPSA) is 123 Å². The van der Waals surface area contributed by atoms with E-state index in [9.17, 15) is 14.4 Å². The van der Waals surface area contributed by atoms with Gasteiger partial charge in [0, 0.05) is 12.8 Å². The molecule has 0 aromatic carbocycles. The average Bonchev–Trinajstić information content (AvgIpc) is 2.81. The summed E-state index contributed by atoms with van der Waals surface area (Å²) in [5.41, 5.74) is 5.25. The van der Waals surface area contributed by atoms with Gasteiger partial charge in [0.2, 0.25) is 5.91 Å². The maximum absolute atomic E-state index is 11.9. The quantitative estimate of drug-likeness (QED) is 0.656. The number of hydrogen-bond acceptors (Lipinski definition) is 4. The number of nitrogens with two attached hydrogens (primary N) is 1. The number of carbonyl (C=O) groups excluding carboxylic acids is 2. The van der Waals surface area contributed by atoms with Gasteiger partial charge in [0.15, 0.2) is 0 Å². The summed E-state index contributed by atoms with van der Waals surface area (Å²) in [6.45, 7) is 1.82. The van der Waals surface area contributed by atoms with Gasteiger partial charge in [-0.2, -0.15) is 0 Å². The number of furan rings is 1. The number of aliphatic carboxylic acids is 1. The minimum atomic E-state index is -1.21. The molecule has 0 aliphatic heterocycles. The summed E-state index contributed by atoms with van der Waals surface area (Å²) in [6, 6.07) is 0.320. The molecule has 1 aromatic heterocycles. The third-order valence-electron chi connectivity index (χ3n) is 2.59. The molecule has 2 amide bonds. The SMILES string of the molecule is CCc1occc1C(=O)N[C@@H](CCC(N)=O)C(=O)O. The highest BCUT2D eigenvalue weighted by Crippen LogP contribution is 2.11. The van der Waals surface area contributed by atoms with Gasteiger partial charge >= 0.3 is 5.97 Å². The Morgan fingerprint density at radius 3 is 2.68 bits per heavy atom. The van der Waals surface area contributed by atoms with E-state index in [0.717, 1.165) is 0 Å². The third-order valence-corrected chi connectivity index (χ3v) is 2.59. The fourth-order valence-electron chi connectivity index (χ4n) is 1.60. The molecule has 1 rings (SSSR count). The van der Waals surface area contributed by atoms with Crippen molar-refractivity contribution in [1.82, 2.24) is 5.32 Å². The van der Waals surface area contributed by atoms with Crippen LogP contribution in [-0.4, -0.2) is 28.9 Å². The Morgan fingerprint density at radius 2 is 2.16 bits per heavy atom.